The quantitative estimate of drug-likeness (QED) is 0.929. The van der Waals surface area contributed by atoms with Crippen molar-refractivity contribution in [2.24, 2.45) is 5.92 Å². The van der Waals surface area contributed by atoms with E-state index in [0.29, 0.717) is 25.1 Å². The van der Waals surface area contributed by atoms with Crippen LogP contribution in [0, 0.1) is 5.92 Å². The van der Waals surface area contributed by atoms with Gasteiger partial charge in [0.05, 0.1) is 0 Å². The molecule has 1 aromatic rings. The molecular weight excluding hydrogens is 285 g/mol. The summed E-state index contributed by atoms with van der Waals surface area (Å²) in [5.41, 5.74) is -1.24. The molecule has 21 heavy (non-hydrogen) atoms. The van der Waals surface area contributed by atoms with Crippen LogP contribution in [0.25, 0.3) is 0 Å². The van der Waals surface area contributed by atoms with Crippen molar-refractivity contribution in [2.75, 3.05) is 18.0 Å². The molecule has 4 nitrogen and oxygen atoms in total. The number of aromatic carboxylic acids is 1. The second kappa shape index (κ2) is 5.91. The molecule has 1 aliphatic rings. The summed E-state index contributed by atoms with van der Waals surface area (Å²) in [4.78, 5) is 16.5. The van der Waals surface area contributed by atoms with Crippen LogP contribution in [0.1, 0.15) is 42.2 Å². The van der Waals surface area contributed by atoms with Gasteiger partial charge in [0.25, 0.3) is 0 Å². The Bertz CT molecular complexity index is 531. The molecule has 0 radical (unpaired) electrons. The van der Waals surface area contributed by atoms with E-state index in [4.69, 9.17) is 5.11 Å². The smallest absolute Gasteiger partial charge is 0.433 e. The number of alkyl halides is 3. The Kier molecular flexibility index (Phi) is 4.39. The zero-order valence-electron chi connectivity index (χ0n) is 11.7. The fraction of sp³-hybridized carbons (Fsp3) is 0.571. The number of aromatic nitrogens is 1. The van der Waals surface area contributed by atoms with Gasteiger partial charge in [-0.3, -0.25) is 0 Å². The van der Waals surface area contributed by atoms with Gasteiger partial charge >= 0.3 is 12.1 Å². The number of halogens is 3. The highest BCUT2D eigenvalue weighted by atomic mass is 19.4. The molecule has 2 rings (SSSR count). The minimum Gasteiger partial charge on any atom is -0.478 e. The minimum atomic E-state index is -4.58. The Hall–Kier alpha value is -1.79. The maximum atomic E-state index is 12.8. The monoisotopic (exact) mass is 302 g/mol. The summed E-state index contributed by atoms with van der Waals surface area (Å²) in [6.07, 6.45) is -1.83. The summed E-state index contributed by atoms with van der Waals surface area (Å²) in [5, 5.41) is 9.17. The third kappa shape index (κ3) is 3.46. The van der Waals surface area contributed by atoms with Crippen molar-refractivity contribution >= 4 is 11.8 Å². The van der Waals surface area contributed by atoms with Crippen molar-refractivity contribution in [2.45, 2.75) is 32.4 Å². The number of anilines is 1. The van der Waals surface area contributed by atoms with E-state index in [1.54, 1.807) is 4.90 Å². The lowest BCUT2D eigenvalue weighted by Gasteiger charge is -2.34. The lowest BCUT2D eigenvalue weighted by atomic mass is 9.95. The van der Waals surface area contributed by atoms with E-state index in [9.17, 15) is 18.0 Å². The number of hydrogen-bond donors (Lipinski definition) is 1. The molecule has 1 aromatic heterocycles. The SMILES string of the molecule is CCC1CCCN(c2nc(C(F)(F)F)ccc2C(=O)O)C1. The van der Waals surface area contributed by atoms with Gasteiger partial charge in [-0.2, -0.15) is 13.2 Å². The van der Waals surface area contributed by atoms with E-state index >= 15 is 0 Å². The first-order valence-electron chi connectivity index (χ1n) is 6.89. The summed E-state index contributed by atoms with van der Waals surface area (Å²) in [6, 6.07) is 1.71. The van der Waals surface area contributed by atoms with E-state index < -0.39 is 17.8 Å². The fourth-order valence-corrected chi connectivity index (χ4v) is 2.60. The van der Waals surface area contributed by atoms with Gasteiger partial charge in [-0.25, -0.2) is 9.78 Å². The van der Waals surface area contributed by atoms with Gasteiger partial charge in [-0.1, -0.05) is 13.3 Å². The van der Waals surface area contributed by atoms with Crippen molar-refractivity contribution in [1.29, 1.82) is 0 Å². The summed E-state index contributed by atoms with van der Waals surface area (Å²) >= 11 is 0. The zero-order chi connectivity index (χ0) is 15.6. The Morgan fingerprint density at radius 2 is 2.19 bits per heavy atom. The van der Waals surface area contributed by atoms with Gasteiger partial charge in [0, 0.05) is 13.1 Å². The predicted molar refractivity (Wildman–Crippen MR) is 71.4 cm³/mol. The molecule has 0 saturated carbocycles. The first-order chi connectivity index (χ1) is 9.82. The van der Waals surface area contributed by atoms with E-state index in [-0.39, 0.29) is 11.4 Å². The van der Waals surface area contributed by atoms with Gasteiger partial charge < -0.3 is 10.0 Å². The average molecular weight is 302 g/mol. The van der Waals surface area contributed by atoms with Gasteiger partial charge in [0.2, 0.25) is 0 Å². The molecule has 1 N–H and O–H groups in total. The Morgan fingerprint density at radius 3 is 2.76 bits per heavy atom. The maximum absolute atomic E-state index is 12.8. The topological polar surface area (TPSA) is 53.4 Å². The molecule has 0 spiro atoms. The van der Waals surface area contributed by atoms with Crippen molar-refractivity contribution < 1.29 is 23.1 Å². The third-order valence-corrected chi connectivity index (χ3v) is 3.79. The van der Waals surface area contributed by atoms with Crippen LogP contribution >= 0.6 is 0 Å². The molecule has 2 heterocycles. The predicted octanol–water partition coefficient (Wildman–Crippen LogP) is 3.43. The number of hydrogen-bond acceptors (Lipinski definition) is 3. The highest BCUT2D eigenvalue weighted by Crippen LogP contribution is 2.32. The summed E-state index contributed by atoms with van der Waals surface area (Å²) in [6.45, 7) is 3.10. The van der Waals surface area contributed by atoms with Crippen molar-refractivity contribution in [1.82, 2.24) is 4.98 Å². The van der Waals surface area contributed by atoms with Crippen LogP contribution in [-0.4, -0.2) is 29.1 Å². The molecule has 1 atom stereocenters. The van der Waals surface area contributed by atoms with E-state index in [2.05, 4.69) is 4.98 Å². The number of carboxylic acids is 1. The molecule has 1 unspecified atom stereocenters. The van der Waals surface area contributed by atoms with Gasteiger partial charge in [0.15, 0.2) is 0 Å². The number of carboxylic acid groups (broad SMARTS) is 1. The second-order valence-electron chi connectivity index (χ2n) is 5.23. The number of rotatable bonds is 3. The first-order valence-corrected chi connectivity index (χ1v) is 6.89. The van der Waals surface area contributed by atoms with Crippen LogP contribution in [0.15, 0.2) is 12.1 Å². The third-order valence-electron chi connectivity index (χ3n) is 3.79. The summed E-state index contributed by atoms with van der Waals surface area (Å²) < 4.78 is 38.3. The Morgan fingerprint density at radius 1 is 1.48 bits per heavy atom. The van der Waals surface area contributed by atoms with Gasteiger partial charge in [0.1, 0.15) is 17.1 Å². The second-order valence-corrected chi connectivity index (χ2v) is 5.23. The molecule has 1 saturated heterocycles. The van der Waals surface area contributed by atoms with Crippen LogP contribution in [0.2, 0.25) is 0 Å². The standard InChI is InChI=1S/C14H17F3N2O2/c1-2-9-4-3-7-19(8-9)12-10(13(20)21)5-6-11(18-12)14(15,16)17/h5-6,9H,2-4,7-8H2,1H3,(H,20,21). The summed E-state index contributed by atoms with van der Waals surface area (Å²) in [7, 11) is 0. The van der Waals surface area contributed by atoms with E-state index in [1.807, 2.05) is 6.92 Å². The highest BCUT2D eigenvalue weighted by molar-refractivity contribution is 5.93. The van der Waals surface area contributed by atoms with E-state index in [0.717, 1.165) is 25.3 Å². The van der Waals surface area contributed by atoms with Crippen molar-refractivity contribution in [3.8, 4) is 0 Å². The van der Waals surface area contributed by atoms with Crippen molar-refractivity contribution in [3.63, 3.8) is 0 Å². The minimum absolute atomic E-state index is 0.0736. The molecule has 0 aromatic carbocycles. The number of piperidine rings is 1. The number of nitrogens with zero attached hydrogens (tertiary/aromatic N) is 2. The van der Waals surface area contributed by atoms with Crippen LogP contribution in [0.3, 0.4) is 0 Å². The molecule has 116 valence electrons. The lowest BCUT2D eigenvalue weighted by Crippen LogP contribution is -2.37. The Balaban J connectivity index is 2.41. The lowest BCUT2D eigenvalue weighted by molar-refractivity contribution is -0.141. The molecular formula is C14H17F3N2O2. The van der Waals surface area contributed by atoms with Crippen LogP contribution in [0.5, 0.6) is 0 Å². The van der Waals surface area contributed by atoms with Crippen LogP contribution in [0.4, 0.5) is 19.0 Å². The highest BCUT2D eigenvalue weighted by Gasteiger charge is 2.34. The van der Waals surface area contributed by atoms with Crippen molar-refractivity contribution in [3.05, 3.63) is 23.4 Å². The first kappa shape index (κ1) is 15.6. The zero-order valence-corrected chi connectivity index (χ0v) is 11.7. The molecule has 0 aliphatic carbocycles. The molecule has 1 fully saturated rings. The van der Waals surface area contributed by atoms with E-state index in [1.165, 1.54) is 0 Å². The van der Waals surface area contributed by atoms with Crippen LogP contribution in [-0.2, 0) is 6.18 Å². The fourth-order valence-electron chi connectivity index (χ4n) is 2.60. The van der Waals surface area contributed by atoms with Gasteiger partial charge in [-0.05, 0) is 30.9 Å². The Labute approximate surface area is 120 Å². The normalized spacial score (nSPS) is 19.6. The molecule has 7 heteroatoms. The largest absolute Gasteiger partial charge is 0.478 e. The number of carbonyl (C=O) groups is 1. The molecule has 0 bridgehead atoms. The average Bonchev–Trinajstić information content (AvgIpc) is 2.45. The van der Waals surface area contributed by atoms with Gasteiger partial charge in [-0.15, -0.1) is 0 Å². The summed E-state index contributed by atoms with van der Waals surface area (Å²) in [5.74, 6) is -0.975. The maximum Gasteiger partial charge on any atom is 0.433 e. The molecule has 0 amide bonds. The van der Waals surface area contributed by atoms with Crippen LogP contribution < -0.4 is 4.90 Å². The molecule has 1 aliphatic heterocycles. The number of pyridine rings is 1.